The highest BCUT2D eigenvalue weighted by molar-refractivity contribution is 5.56. The van der Waals surface area contributed by atoms with Crippen LogP contribution in [0.5, 0.6) is 5.75 Å². The molecule has 0 bridgehead atoms. The highest BCUT2D eigenvalue weighted by Gasteiger charge is 2.36. The van der Waals surface area contributed by atoms with E-state index >= 15 is 0 Å². The minimum atomic E-state index is -0.153. The summed E-state index contributed by atoms with van der Waals surface area (Å²) in [6.45, 7) is 3.34. The van der Waals surface area contributed by atoms with Gasteiger partial charge in [0.15, 0.2) is 0 Å². The number of ether oxygens (including phenoxy) is 1. The minimum absolute atomic E-state index is 0.153. The SMILES string of the molecule is CCOc1ccccc1NCC1(C#N)CCC1. The van der Waals surface area contributed by atoms with E-state index < -0.39 is 0 Å². The Morgan fingerprint density at radius 2 is 2.18 bits per heavy atom. The molecular formula is C14H18N2O. The highest BCUT2D eigenvalue weighted by atomic mass is 16.5. The van der Waals surface area contributed by atoms with E-state index in [0.717, 1.165) is 24.3 Å². The molecule has 0 unspecified atom stereocenters. The van der Waals surface area contributed by atoms with E-state index in [1.807, 2.05) is 31.2 Å². The summed E-state index contributed by atoms with van der Waals surface area (Å²) < 4.78 is 5.54. The van der Waals surface area contributed by atoms with E-state index in [-0.39, 0.29) is 5.41 Å². The average Bonchev–Trinajstić information content (AvgIpc) is 2.31. The fraction of sp³-hybridized carbons (Fsp3) is 0.500. The van der Waals surface area contributed by atoms with Gasteiger partial charge in [0.2, 0.25) is 0 Å². The molecule has 3 nitrogen and oxygen atoms in total. The van der Waals surface area contributed by atoms with E-state index in [4.69, 9.17) is 10.00 Å². The van der Waals surface area contributed by atoms with Crippen molar-refractivity contribution in [2.45, 2.75) is 26.2 Å². The number of anilines is 1. The molecule has 0 amide bonds. The lowest BCUT2D eigenvalue weighted by Crippen LogP contribution is -2.35. The second-order valence-corrected chi connectivity index (χ2v) is 4.53. The third-order valence-electron chi connectivity index (χ3n) is 3.35. The van der Waals surface area contributed by atoms with Crippen LogP contribution in [0.1, 0.15) is 26.2 Å². The van der Waals surface area contributed by atoms with Crippen molar-refractivity contribution in [2.75, 3.05) is 18.5 Å². The number of hydrogen-bond donors (Lipinski definition) is 1. The quantitative estimate of drug-likeness (QED) is 0.844. The molecule has 90 valence electrons. The van der Waals surface area contributed by atoms with E-state index in [2.05, 4.69) is 11.4 Å². The van der Waals surface area contributed by atoms with Crippen molar-refractivity contribution in [3.63, 3.8) is 0 Å². The van der Waals surface area contributed by atoms with Gasteiger partial charge >= 0.3 is 0 Å². The molecule has 0 radical (unpaired) electrons. The lowest BCUT2D eigenvalue weighted by Gasteiger charge is -2.35. The Morgan fingerprint density at radius 3 is 2.76 bits per heavy atom. The minimum Gasteiger partial charge on any atom is -0.492 e. The summed E-state index contributed by atoms with van der Waals surface area (Å²) >= 11 is 0. The zero-order valence-electron chi connectivity index (χ0n) is 10.2. The predicted octanol–water partition coefficient (Wildman–Crippen LogP) is 3.19. The summed E-state index contributed by atoms with van der Waals surface area (Å²) in [5.74, 6) is 0.863. The Morgan fingerprint density at radius 1 is 1.41 bits per heavy atom. The molecule has 0 atom stereocenters. The van der Waals surface area contributed by atoms with Crippen LogP contribution in [0.4, 0.5) is 5.69 Å². The van der Waals surface area contributed by atoms with Crippen molar-refractivity contribution in [1.82, 2.24) is 0 Å². The largest absolute Gasteiger partial charge is 0.492 e. The number of nitrogens with zero attached hydrogens (tertiary/aromatic N) is 1. The molecule has 1 aliphatic carbocycles. The van der Waals surface area contributed by atoms with Crippen LogP contribution in [0.15, 0.2) is 24.3 Å². The highest BCUT2D eigenvalue weighted by Crippen LogP contribution is 2.40. The smallest absolute Gasteiger partial charge is 0.142 e. The Bertz CT molecular complexity index is 418. The molecule has 0 aliphatic heterocycles. The Hall–Kier alpha value is -1.69. The van der Waals surface area contributed by atoms with Gasteiger partial charge in [0.05, 0.1) is 23.8 Å². The molecule has 1 aromatic rings. The number of nitriles is 1. The summed E-state index contributed by atoms with van der Waals surface area (Å²) in [6, 6.07) is 10.3. The maximum absolute atomic E-state index is 9.17. The topological polar surface area (TPSA) is 45.0 Å². The molecule has 0 saturated heterocycles. The van der Waals surface area contributed by atoms with Crippen molar-refractivity contribution in [3.05, 3.63) is 24.3 Å². The molecule has 1 fully saturated rings. The Labute approximate surface area is 102 Å². The normalized spacial score (nSPS) is 16.7. The lowest BCUT2D eigenvalue weighted by molar-refractivity contribution is 0.233. The summed E-state index contributed by atoms with van der Waals surface area (Å²) in [4.78, 5) is 0. The van der Waals surface area contributed by atoms with E-state index in [0.29, 0.717) is 13.2 Å². The van der Waals surface area contributed by atoms with Crippen LogP contribution in [0.25, 0.3) is 0 Å². The van der Waals surface area contributed by atoms with Crippen LogP contribution >= 0.6 is 0 Å². The zero-order valence-corrected chi connectivity index (χ0v) is 10.2. The first-order chi connectivity index (χ1) is 8.29. The second-order valence-electron chi connectivity index (χ2n) is 4.53. The number of para-hydroxylation sites is 2. The van der Waals surface area contributed by atoms with Crippen molar-refractivity contribution >= 4 is 5.69 Å². The molecule has 3 heteroatoms. The van der Waals surface area contributed by atoms with Gasteiger partial charge in [-0.25, -0.2) is 0 Å². The van der Waals surface area contributed by atoms with Crippen molar-refractivity contribution in [1.29, 1.82) is 5.26 Å². The van der Waals surface area contributed by atoms with E-state index in [9.17, 15) is 0 Å². The molecule has 0 aromatic heterocycles. The van der Waals surface area contributed by atoms with E-state index in [1.165, 1.54) is 6.42 Å². The van der Waals surface area contributed by atoms with Crippen molar-refractivity contribution < 1.29 is 4.74 Å². The van der Waals surface area contributed by atoms with Gasteiger partial charge in [-0.15, -0.1) is 0 Å². The Balaban J connectivity index is 2.01. The second kappa shape index (κ2) is 5.09. The van der Waals surface area contributed by atoms with Gasteiger partial charge in [0.1, 0.15) is 5.75 Å². The lowest BCUT2D eigenvalue weighted by atomic mass is 9.70. The number of benzene rings is 1. The summed E-state index contributed by atoms with van der Waals surface area (Å²) in [5.41, 5.74) is 0.829. The van der Waals surface area contributed by atoms with Crippen LogP contribution in [0.2, 0.25) is 0 Å². The fourth-order valence-corrected chi connectivity index (χ4v) is 2.09. The molecule has 1 aromatic carbocycles. The van der Waals surface area contributed by atoms with Crippen molar-refractivity contribution in [3.8, 4) is 11.8 Å². The van der Waals surface area contributed by atoms with Crippen LogP contribution in [-0.4, -0.2) is 13.2 Å². The standard InChI is InChI=1S/C14H18N2O/c1-2-17-13-7-4-3-6-12(13)16-11-14(10-15)8-5-9-14/h3-4,6-7,16H,2,5,8-9,11H2,1H3. The molecule has 1 aliphatic rings. The van der Waals surface area contributed by atoms with Crippen LogP contribution in [0.3, 0.4) is 0 Å². The van der Waals surface area contributed by atoms with Crippen LogP contribution in [0, 0.1) is 16.7 Å². The third kappa shape index (κ3) is 2.52. The maximum atomic E-state index is 9.17. The van der Waals surface area contributed by atoms with Gasteiger partial charge < -0.3 is 10.1 Å². The first-order valence-electron chi connectivity index (χ1n) is 6.17. The Kier molecular flexibility index (Phi) is 3.53. The molecule has 2 rings (SSSR count). The maximum Gasteiger partial charge on any atom is 0.142 e. The van der Waals surface area contributed by atoms with Gasteiger partial charge in [-0.05, 0) is 31.9 Å². The van der Waals surface area contributed by atoms with Gasteiger partial charge in [-0.1, -0.05) is 18.6 Å². The van der Waals surface area contributed by atoms with Gasteiger partial charge in [-0.3, -0.25) is 0 Å². The number of rotatable bonds is 5. The first kappa shape index (κ1) is 11.8. The van der Waals surface area contributed by atoms with Crippen molar-refractivity contribution in [2.24, 2.45) is 5.41 Å². The van der Waals surface area contributed by atoms with Gasteiger partial charge in [0, 0.05) is 6.54 Å². The average molecular weight is 230 g/mol. The molecule has 0 spiro atoms. The molecular weight excluding hydrogens is 212 g/mol. The summed E-state index contributed by atoms with van der Waals surface area (Å²) in [5, 5.41) is 12.5. The molecule has 17 heavy (non-hydrogen) atoms. The predicted molar refractivity (Wildman–Crippen MR) is 68.0 cm³/mol. The molecule has 1 saturated carbocycles. The van der Waals surface area contributed by atoms with Crippen LogP contribution in [-0.2, 0) is 0 Å². The van der Waals surface area contributed by atoms with Gasteiger partial charge in [0.25, 0.3) is 0 Å². The first-order valence-corrected chi connectivity index (χ1v) is 6.17. The molecule has 0 heterocycles. The summed E-state index contributed by atoms with van der Waals surface area (Å²) in [6.07, 6.45) is 3.18. The summed E-state index contributed by atoms with van der Waals surface area (Å²) in [7, 11) is 0. The monoisotopic (exact) mass is 230 g/mol. The van der Waals surface area contributed by atoms with E-state index in [1.54, 1.807) is 0 Å². The fourth-order valence-electron chi connectivity index (χ4n) is 2.09. The zero-order chi connectivity index (χ0) is 12.1. The number of nitrogens with one attached hydrogen (secondary N) is 1. The van der Waals surface area contributed by atoms with Gasteiger partial charge in [-0.2, -0.15) is 5.26 Å². The van der Waals surface area contributed by atoms with Crippen LogP contribution < -0.4 is 10.1 Å². The number of hydrogen-bond acceptors (Lipinski definition) is 3. The third-order valence-corrected chi connectivity index (χ3v) is 3.35. The molecule has 1 N–H and O–H groups in total.